The number of rotatable bonds is 2. The predicted octanol–water partition coefficient (Wildman–Crippen LogP) is 0.00354. The van der Waals surface area contributed by atoms with Crippen LogP contribution >= 0.6 is 0 Å². The van der Waals surface area contributed by atoms with Gasteiger partial charge >= 0.3 is 5.95 Å². The second-order valence-electron chi connectivity index (χ2n) is 5.00. The molecule has 4 N–H and O–H groups in total. The van der Waals surface area contributed by atoms with Gasteiger partial charge in [-0.25, -0.2) is 4.99 Å². The maximum absolute atomic E-state index is 5.96. The molecule has 0 saturated carbocycles. The Hall–Kier alpha value is -2.83. The zero-order valence-corrected chi connectivity index (χ0v) is 12.5. The van der Waals surface area contributed by atoms with Gasteiger partial charge in [-0.3, -0.25) is 5.32 Å². The van der Waals surface area contributed by atoms with E-state index in [9.17, 15) is 0 Å². The topological polar surface area (TPSA) is 96.3 Å². The molecule has 0 aliphatic carbocycles. The molecule has 2 aromatic rings. The standard InChI is InChI=1S/C15H17N5O2/c1-9-7-10(2)18-15(17-9)20-14(16)19-11-3-4-12-13(8-11)22-6-5-21-12/h3-4,7-8H,5-6H2,1-2H3,(H3,16,17,18,19,20)/p+1. The van der Waals surface area contributed by atoms with Crippen molar-refractivity contribution in [3.63, 3.8) is 0 Å². The van der Waals surface area contributed by atoms with Crippen LogP contribution in [0.15, 0.2) is 24.3 Å². The highest BCUT2D eigenvalue weighted by Gasteiger charge is 2.13. The van der Waals surface area contributed by atoms with E-state index in [1.165, 1.54) is 0 Å². The molecule has 0 bridgehead atoms. The van der Waals surface area contributed by atoms with Crippen molar-refractivity contribution in [2.45, 2.75) is 13.8 Å². The number of hydrogen-bond acceptors (Lipinski definition) is 4. The summed E-state index contributed by atoms with van der Waals surface area (Å²) in [5.74, 6) is 2.23. The lowest BCUT2D eigenvalue weighted by Crippen LogP contribution is -2.72. The summed E-state index contributed by atoms with van der Waals surface area (Å²) >= 11 is 0. The van der Waals surface area contributed by atoms with Gasteiger partial charge in [0.1, 0.15) is 13.2 Å². The Morgan fingerprint density at radius 1 is 1.09 bits per heavy atom. The third kappa shape index (κ3) is 3.25. The first-order valence-corrected chi connectivity index (χ1v) is 6.98. The molecule has 0 atom stereocenters. The molecule has 1 aliphatic rings. The molecule has 7 heteroatoms. The Bertz CT molecular complexity index is 710. The second kappa shape index (κ2) is 5.88. The summed E-state index contributed by atoms with van der Waals surface area (Å²) in [5, 5.41) is 3.05. The molecule has 0 unspecified atom stereocenters. The Balaban J connectivity index is 1.78. The molecule has 1 aromatic carbocycles. The third-order valence-corrected chi connectivity index (χ3v) is 3.05. The molecule has 0 spiro atoms. The van der Waals surface area contributed by atoms with Crippen molar-refractivity contribution in [3.05, 3.63) is 35.7 Å². The van der Waals surface area contributed by atoms with Gasteiger partial charge in [0.25, 0.3) is 5.96 Å². The number of aryl methyl sites for hydroxylation is 2. The molecule has 22 heavy (non-hydrogen) atoms. The highest BCUT2D eigenvalue weighted by atomic mass is 16.6. The fourth-order valence-corrected chi connectivity index (χ4v) is 2.21. The number of nitrogens with two attached hydrogens (primary N) is 1. The lowest BCUT2D eigenvalue weighted by atomic mass is 10.2. The largest absolute Gasteiger partial charge is 0.486 e. The number of ether oxygens (including phenoxy) is 2. The third-order valence-electron chi connectivity index (χ3n) is 3.05. The van der Waals surface area contributed by atoms with E-state index >= 15 is 0 Å². The summed E-state index contributed by atoms with van der Waals surface area (Å²) < 4.78 is 11.0. The van der Waals surface area contributed by atoms with Crippen molar-refractivity contribution in [1.29, 1.82) is 0 Å². The highest BCUT2D eigenvalue weighted by Crippen LogP contribution is 2.32. The van der Waals surface area contributed by atoms with E-state index in [2.05, 4.69) is 20.3 Å². The summed E-state index contributed by atoms with van der Waals surface area (Å²) in [6.45, 7) is 4.93. The Morgan fingerprint density at radius 3 is 2.50 bits per heavy atom. The zero-order valence-electron chi connectivity index (χ0n) is 12.5. The number of benzene rings is 1. The van der Waals surface area contributed by atoms with Gasteiger partial charge in [-0.1, -0.05) is 0 Å². The van der Waals surface area contributed by atoms with Crippen LogP contribution in [0.1, 0.15) is 11.4 Å². The fourth-order valence-electron chi connectivity index (χ4n) is 2.21. The van der Waals surface area contributed by atoms with E-state index in [0.29, 0.717) is 30.9 Å². The van der Waals surface area contributed by atoms with E-state index in [1.807, 2.05) is 38.1 Å². The molecule has 114 valence electrons. The molecule has 1 aromatic heterocycles. The molecule has 1 aliphatic heterocycles. The van der Waals surface area contributed by atoms with Gasteiger partial charge in [-0.05, 0) is 26.0 Å². The van der Waals surface area contributed by atoms with Gasteiger partial charge in [0.2, 0.25) is 0 Å². The monoisotopic (exact) mass is 300 g/mol. The zero-order chi connectivity index (χ0) is 15.5. The average Bonchev–Trinajstić information content (AvgIpc) is 2.45. The van der Waals surface area contributed by atoms with E-state index in [0.717, 1.165) is 22.8 Å². The minimum atomic E-state index is 0.335. The van der Waals surface area contributed by atoms with Gasteiger partial charge in [-0.2, -0.15) is 0 Å². The van der Waals surface area contributed by atoms with Gasteiger partial charge in [0, 0.05) is 12.1 Å². The first-order chi connectivity index (χ1) is 10.6. The molecule has 3 rings (SSSR count). The predicted molar refractivity (Wildman–Crippen MR) is 82.4 cm³/mol. The van der Waals surface area contributed by atoms with Crippen LogP contribution in [0.4, 0.5) is 11.6 Å². The number of hydrogen-bond donors (Lipinski definition) is 3. The van der Waals surface area contributed by atoms with Crippen LogP contribution < -0.4 is 25.5 Å². The van der Waals surface area contributed by atoms with Crippen LogP contribution in [0, 0.1) is 13.8 Å². The summed E-state index contributed by atoms with van der Waals surface area (Å²) in [6, 6.07) is 7.45. The summed E-state index contributed by atoms with van der Waals surface area (Å²) in [4.78, 5) is 11.5. The van der Waals surface area contributed by atoms with Crippen LogP contribution in [0.3, 0.4) is 0 Å². The van der Waals surface area contributed by atoms with Gasteiger partial charge in [-0.15, -0.1) is 9.97 Å². The molecule has 7 nitrogen and oxygen atoms in total. The number of fused-ring (bicyclic) bond motifs is 1. The summed E-state index contributed by atoms with van der Waals surface area (Å²) in [5.41, 5.74) is 8.50. The van der Waals surface area contributed by atoms with Crippen LogP contribution in [0.25, 0.3) is 0 Å². The van der Waals surface area contributed by atoms with Gasteiger partial charge < -0.3 is 15.2 Å². The number of nitrogens with one attached hydrogen (secondary N) is 2. The highest BCUT2D eigenvalue weighted by molar-refractivity contribution is 5.88. The summed E-state index contributed by atoms with van der Waals surface area (Å²) in [7, 11) is 0. The lowest BCUT2D eigenvalue weighted by Gasteiger charge is -2.18. The van der Waals surface area contributed by atoms with Crippen LogP contribution in [0.2, 0.25) is 0 Å². The molecule has 0 fully saturated rings. The van der Waals surface area contributed by atoms with Crippen LogP contribution in [0.5, 0.6) is 11.5 Å². The van der Waals surface area contributed by atoms with Crippen LogP contribution in [-0.4, -0.2) is 29.1 Å². The number of nitrogens with zero attached hydrogens (tertiary/aromatic N) is 2. The Kier molecular flexibility index (Phi) is 3.78. The lowest BCUT2D eigenvalue weighted by molar-refractivity contribution is -0.365. The van der Waals surface area contributed by atoms with Crippen molar-refractivity contribution in [2.75, 3.05) is 18.5 Å². The first-order valence-electron chi connectivity index (χ1n) is 6.98. The Morgan fingerprint density at radius 2 is 1.77 bits per heavy atom. The second-order valence-corrected chi connectivity index (χ2v) is 5.00. The molecule has 0 radical (unpaired) electrons. The number of guanidine groups is 1. The normalized spacial score (nSPS) is 13.8. The first kappa shape index (κ1) is 14.1. The number of aromatic nitrogens is 2. The van der Waals surface area contributed by atoms with Crippen molar-refractivity contribution in [2.24, 2.45) is 5.73 Å². The molecular weight excluding hydrogens is 282 g/mol. The molecule has 2 heterocycles. The molecule has 0 amide bonds. The van der Waals surface area contributed by atoms with E-state index < -0.39 is 0 Å². The molecular formula is C15H18N5O2+. The minimum Gasteiger partial charge on any atom is -0.486 e. The average molecular weight is 300 g/mol. The SMILES string of the molecule is Cc1cc(C)nc([NH+]=C(N)Nc2ccc3c(c2)OCCO3)n1. The summed E-state index contributed by atoms with van der Waals surface area (Å²) in [6.07, 6.45) is 0. The number of anilines is 1. The maximum atomic E-state index is 5.96. The van der Waals surface area contributed by atoms with Gasteiger partial charge in [0.15, 0.2) is 11.5 Å². The fraction of sp³-hybridized carbons (Fsp3) is 0.267. The van der Waals surface area contributed by atoms with E-state index in [1.54, 1.807) is 0 Å². The van der Waals surface area contributed by atoms with Gasteiger partial charge in [0.05, 0.1) is 17.1 Å². The molecule has 0 saturated heterocycles. The van der Waals surface area contributed by atoms with E-state index in [-0.39, 0.29) is 0 Å². The quantitative estimate of drug-likeness (QED) is 0.534. The van der Waals surface area contributed by atoms with Crippen molar-refractivity contribution < 1.29 is 14.5 Å². The smallest absolute Gasteiger partial charge is 0.354 e. The van der Waals surface area contributed by atoms with Crippen molar-refractivity contribution in [3.8, 4) is 11.5 Å². The van der Waals surface area contributed by atoms with Crippen molar-refractivity contribution >= 4 is 17.6 Å². The Labute approximate surface area is 128 Å². The van der Waals surface area contributed by atoms with Crippen LogP contribution in [-0.2, 0) is 0 Å². The minimum absolute atomic E-state index is 0.335. The van der Waals surface area contributed by atoms with E-state index in [4.69, 9.17) is 15.2 Å². The maximum Gasteiger partial charge on any atom is 0.354 e. The van der Waals surface area contributed by atoms with Crippen molar-refractivity contribution in [1.82, 2.24) is 9.97 Å².